The van der Waals surface area contributed by atoms with Gasteiger partial charge in [0.1, 0.15) is 6.04 Å². The number of rotatable bonds is 3. The van der Waals surface area contributed by atoms with Crippen LogP contribution >= 0.6 is 0 Å². The van der Waals surface area contributed by atoms with E-state index in [1.54, 1.807) is 6.92 Å². The van der Waals surface area contributed by atoms with Crippen LogP contribution in [-0.2, 0) is 6.42 Å². The Morgan fingerprint density at radius 3 is 2.94 bits per heavy atom. The third-order valence-corrected chi connectivity index (χ3v) is 3.43. The monoisotopic (exact) mass is 245 g/mol. The lowest BCUT2D eigenvalue weighted by Gasteiger charge is -2.27. The first-order valence-electron chi connectivity index (χ1n) is 6.01. The highest BCUT2D eigenvalue weighted by atomic mass is 16.5. The van der Waals surface area contributed by atoms with Crippen LogP contribution in [0.25, 0.3) is 0 Å². The minimum atomic E-state index is -0.702. The molecular weight excluding hydrogens is 230 g/mol. The minimum Gasteiger partial charge on any atom is -0.391 e. The van der Waals surface area contributed by atoms with E-state index in [1.165, 1.54) is 11.1 Å². The molecule has 1 aromatic carbocycles. The molecule has 1 heterocycles. The van der Waals surface area contributed by atoms with E-state index in [1.807, 2.05) is 12.1 Å². The number of benzene rings is 1. The Morgan fingerprint density at radius 1 is 1.44 bits per heavy atom. The Kier molecular flexibility index (Phi) is 2.65. The number of aliphatic hydroxyl groups is 1. The zero-order chi connectivity index (χ0) is 12.7. The summed E-state index contributed by atoms with van der Waals surface area (Å²) < 4.78 is 5.11. The summed E-state index contributed by atoms with van der Waals surface area (Å²) in [5.74, 6) is 1.14. The molecule has 0 saturated carbocycles. The van der Waals surface area contributed by atoms with Gasteiger partial charge in [0, 0.05) is 0 Å². The van der Waals surface area contributed by atoms with Crippen molar-refractivity contribution in [1.82, 2.24) is 10.1 Å². The highest BCUT2D eigenvalue weighted by Gasteiger charge is 2.32. The predicted octanol–water partition coefficient (Wildman–Crippen LogP) is 1.14. The Hall–Kier alpha value is -1.72. The molecule has 0 aliphatic heterocycles. The van der Waals surface area contributed by atoms with Crippen LogP contribution in [0, 0.1) is 0 Å². The molecule has 3 atom stereocenters. The lowest BCUT2D eigenvalue weighted by Crippen LogP contribution is -2.24. The Bertz CT molecular complexity index is 565. The molecular formula is C13H15N3O2. The number of aromatic nitrogens is 2. The summed E-state index contributed by atoms with van der Waals surface area (Å²) >= 11 is 0. The summed E-state index contributed by atoms with van der Waals surface area (Å²) in [6.45, 7) is 1.60. The average molecular weight is 245 g/mol. The van der Waals surface area contributed by atoms with Crippen molar-refractivity contribution in [2.75, 3.05) is 0 Å². The van der Waals surface area contributed by atoms with Crippen molar-refractivity contribution in [2.24, 2.45) is 5.73 Å². The van der Waals surface area contributed by atoms with Gasteiger partial charge in [0.2, 0.25) is 5.89 Å². The quantitative estimate of drug-likeness (QED) is 0.847. The SMILES string of the molecule is CC(O)C(N)c1nc(C2Cc3ccccc32)no1. The van der Waals surface area contributed by atoms with E-state index >= 15 is 0 Å². The Morgan fingerprint density at radius 2 is 2.22 bits per heavy atom. The smallest absolute Gasteiger partial charge is 0.246 e. The number of fused-ring (bicyclic) bond motifs is 1. The number of nitrogens with zero attached hydrogens (tertiary/aromatic N) is 2. The van der Waals surface area contributed by atoms with Crippen LogP contribution in [0.5, 0.6) is 0 Å². The van der Waals surface area contributed by atoms with Crippen molar-refractivity contribution in [3.8, 4) is 0 Å². The molecule has 0 saturated heterocycles. The summed E-state index contributed by atoms with van der Waals surface area (Å²) in [4.78, 5) is 4.29. The van der Waals surface area contributed by atoms with E-state index in [9.17, 15) is 5.11 Å². The molecule has 0 amide bonds. The number of hydrogen-bond donors (Lipinski definition) is 2. The maximum atomic E-state index is 9.40. The fourth-order valence-corrected chi connectivity index (χ4v) is 2.22. The summed E-state index contributed by atoms with van der Waals surface area (Å²) in [6, 6.07) is 7.59. The topological polar surface area (TPSA) is 85.2 Å². The van der Waals surface area contributed by atoms with Crippen LogP contribution in [0.1, 0.15) is 41.7 Å². The molecule has 1 aromatic heterocycles. The van der Waals surface area contributed by atoms with Crippen molar-refractivity contribution in [2.45, 2.75) is 31.4 Å². The molecule has 5 nitrogen and oxygen atoms in total. The van der Waals surface area contributed by atoms with Crippen molar-refractivity contribution in [3.63, 3.8) is 0 Å². The molecule has 94 valence electrons. The second-order valence-corrected chi connectivity index (χ2v) is 4.71. The molecule has 3 rings (SSSR count). The number of hydrogen-bond acceptors (Lipinski definition) is 5. The zero-order valence-corrected chi connectivity index (χ0v) is 10.1. The third-order valence-electron chi connectivity index (χ3n) is 3.43. The molecule has 5 heteroatoms. The summed E-state index contributed by atoms with van der Waals surface area (Å²) in [5.41, 5.74) is 8.33. The van der Waals surface area contributed by atoms with Gasteiger partial charge in [-0.15, -0.1) is 0 Å². The normalized spacial score (nSPS) is 20.9. The van der Waals surface area contributed by atoms with Gasteiger partial charge in [0.25, 0.3) is 0 Å². The van der Waals surface area contributed by atoms with Crippen molar-refractivity contribution in [3.05, 3.63) is 47.1 Å². The summed E-state index contributed by atoms with van der Waals surface area (Å²) in [7, 11) is 0. The van der Waals surface area contributed by atoms with E-state index in [4.69, 9.17) is 10.3 Å². The van der Waals surface area contributed by atoms with Crippen LogP contribution in [-0.4, -0.2) is 21.4 Å². The number of nitrogens with two attached hydrogens (primary N) is 1. The fraction of sp³-hybridized carbons (Fsp3) is 0.385. The molecule has 2 aromatic rings. The predicted molar refractivity (Wildman–Crippen MR) is 64.9 cm³/mol. The molecule has 3 unspecified atom stereocenters. The molecule has 0 spiro atoms. The molecule has 0 radical (unpaired) electrons. The van der Waals surface area contributed by atoms with E-state index in [0.717, 1.165) is 6.42 Å². The van der Waals surface area contributed by atoms with Gasteiger partial charge >= 0.3 is 0 Å². The van der Waals surface area contributed by atoms with Gasteiger partial charge in [0.05, 0.1) is 12.0 Å². The average Bonchev–Trinajstić information content (AvgIpc) is 2.79. The van der Waals surface area contributed by atoms with Crippen molar-refractivity contribution in [1.29, 1.82) is 0 Å². The second kappa shape index (κ2) is 4.19. The second-order valence-electron chi connectivity index (χ2n) is 4.71. The fourth-order valence-electron chi connectivity index (χ4n) is 2.22. The minimum absolute atomic E-state index is 0.194. The lowest BCUT2D eigenvalue weighted by atomic mass is 9.77. The van der Waals surface area contributed by atoms with Gasteiger partial charge in [-0.1, -0.05) is 29.4 Å². The van der Waals surface area contributed by atoms with E-state index in [-0.39, 0.29) is 5.92 Å². The van der Waals surface area contributed by atoms with Gasteiger partial charge in [-0.05, 0) is 24.5 Å². The Balaban J connectivity index is 1.84. The van der Waals surface area contributed by atoms with Crippen LogP contribution in [0.3, 0.4) is 0 Å². The zero-order valence-electron chi connectivity index (χ0n) is 10.1. The largest absolute Gasteiger partial charge is 0.391 e. The molecule has 0 bridgehead atoms. The van der Waals surface area contributed by atoms with Crippen LogP contribution in [0.4, 0.5) is 0 Å². The van der Waals surface area contributed by atoms with Gasteiger partial charge in [-0.3, -0.25) is 0 Å². The van der Waals surface area contributed by atoms with Crippen LogP contribution in [0.2, 0.25) is 0 Å². The summed E-state index contributed by atoms with van der Waals surface area (Å²) in [6.07, 6.45) is 0.228. The third kappa shape index (κ3) is 1.72. The summed E-state index contributed by atoms with van der Waals surface area (Å²) in [5, 5.41) is 13.4. The van der Waals surface area contributed by atoms with Gasteiger partial charge in [-0.2, -0.15) is 4.98 Å². The van der Waals surface area contributed by atoms with Crippen LogP contribution in [0.15, 0.2) is 28.8 Å². The van der Waals surface area contributed by atoms with Crippen molar-refractivity contribution >= 4 is 0 Å². The first-order valence-corrected chi connectivity index (χ1v) is 6.01. The van der Waals surface area contributed by atoms with Gasteiger partial charge in [-0.25, -0.2) is 0 Å². The molecule has 1 aliphatic rings. The maximum Gasteiger partial charge on any atom is 0.246 e. The molecule has 0 fully saturated rings. The first-order chi connectivity index (χ1) is 8.66. The van der Waals surface area contributed by atoms with Crippen LogP contribution < -0.4 is 5.73 Å². The lowest BCUT2D eigenvalue weighted by molar-refractivity contribution is 0.146. The highest BCUT2D eigenvalue weighted by Crippen LogP contribution is 2.38. The Labute approximate surface area is 105 Å². The standard InChI is InChI=1S/C13H15N3O2/c1-7(17)11(14)13-15-12(16-18-13)10-6-8-4-2-3-5-9(8)10/h2-5,7,10-11,17H,6,14H2,1H3. The van der Waals surface area contributed by atoms with E-state index in [2.05, 4.69) is 22.3 Å². The van der Waals surface area contributed by atoms with Crippen molar-refractivity contribution < 1.29 is 9.63 Å². The number of aliphatic hydroxyl groups excluding tert-OH is 1. The van der Waals surface area contributed by atoms with E-state index < -0.39 is 12.1 Å². The van der Waals surface area contributed by atoms with Gasteiger partial charge < -0.3 is 15.4 Å². The highest BCUT2D eigenvalue weighted by molar-refractivity contribution is 5.43. The van der Waals surface area contributed by atoms with E-state index in [0.29, 0.717) is 11.7 Å². The van der Waals surface area contributed by atoms with Gasteiger partial charge in [0.15, 0.2) is 5.82 Å². The maximum absolute atomic E-state index is 9.40. The molecule has 3 N–H and O–H groups in total. The molecule has 1 aliphatic carbocycles. The first kappa shape index (κ1) is 11.4. The molecule has 18 heavy (non-hydrogen) atoms.